The molecule has 0 saturated heterocycles. The summed E-state index contributed by atoms with van der Waals surface area (Å²) in [5, 5.41) is 7.90. The number of nitrogens with zero attached hydrogens (tertiary/aromatic N) is 3. The van der Waals surface area contributed by atoms with Crippen LogP contribution >= 0.6 is 0 Å². The van der Waals surface area contributed by atoms with Crippen LogP contribution in [0.5, 0.6) is 0 Å². The Balaban J connectivity index is 1.66. The van der Waals surface area contributed by atoms with Crippen molar-refractivity contribution in [3.05, 3.63) is 72.9 Å². The molecule has 4 rings (SSSR count). The summed E-state index contributed by atoms with van der Waals surface area (Å²) in [6.45, 7) is 0. The first-order valence-electron chi connectivity index (χ1n) is 8.23. The predicted molar refractivity (Wildman–Crippen MR) is 107 cm³/mol. The van der Waals surface area contributed by atoms with Gasteiger partial charge in [0.1, 0.15) is 16.7 Å². The molecular formula is C19H17N5O2S. The second-order valence-corrected chi connectivity index (χ2v) is 7.83. The third-order valence-electron chi connectivity index (χ3n) is 3.87. The second-order valence-electron chi connectivity index (χ2n) is 6.08. The lowest BCUT2D eigenvalue weighted by atomic mass is 10.1. The van der Waals surface area contributed by atoms with Crippen LogP contribution in [0.1, 0.15) is 0 Å². The maximum atomic E-state index is 11.4. The first-order chi connectivity index (χ1) is 13.0. The highest BCUT2D eigenvalue weighted by atomic mass is 32.3. The number of nitrogens with one attached hydrogen (secondary N) is 2. The third-order valence-corrected chi connectivity index (χ3v) is 4.48. The van der Waals surface area contributed by atoms with Crippen LogP contribution in [0.15, 0.2) is 72.9 Å². The highest BCUT2D eigenvalue weighted by Gasteiger charge is 2.10. The molecule has 2 aromatic carbocycles. The van der Waals surface area contributed by atoms with Gasteiger partial charge in [-0.1, -0.05) is 40.6 Å². The molecule has 2 N–H and O–H groups in total. The summed E-state index contributed by atoms with van der Waals surface area (Å²) in [5.74, 6) is 0.680. The minimum Gasteiger partial charge on any atom is -0.593 e. The van der Waals surface area contributed by atoms with E-state index in [-0.39, 0.29) is 0 Å². The number of fused-ring (bicyclic) bond motifs is 1. The van der Waals surface area contributed by atoms with E-state index in [1.807, 2.05) is 48.5 Å². The Morgan fingerprint density at radius 1 is 1.00 bits per heavy atom. The minimum atomic E-state index is -3.33. The maximum Gasteiger partial charge on any atom is 0.155 e. The van der Waals surface area contributed by atoms with Gasteiger partial charge in [-0.15, -0.1) is 0 Å². The quantitative estimate of drug-likeness (QED) is 0.515. The molecule has 0 fully saturated rings. The summed E-state index contributed by atoms with van der Waals surface area (Å²) in [4.78, 5) is 4.36. The topological polar surface area (TPSA) is 94.4 Å². The van der Waals surface area contributed by atoms with Gasteiger partial charge in [0.2, 0.25) is 0 Å². The van der Waals surface area contributed by atoms with Crippen molar-refractivity contribution in [3.8, 4) is 11.3 Å². The van der Waals surface area contributed by atoms with Gasteiger partial charge in [0.05, 0.1) is 17.6 Å². The van der Waals surface area contributed by atoms with Crippen LogP contribution in [-0.4, -0.2) is 25.4 Å². The van der Waals surface area contributed by atoms with Gasteiger partial charge in [0.15, 0.2) is 11.5 Å². The van der Waals surface area contributed by atoms with Crippen LogP contribution in [0.2, 0.25) is 0 Å². The molecule has 0 amide bonds. The second kappa shape index (κ2) is 6.82. The number of aromatic nitrogens is 3. The van der Waals surface area contributed by atoms with Gasteiger partial charge in [-0.2, -0.15) is 9.61 Å². The lowest BCUT2D eigenvalue weighted by molar-refractivity contribution is 0.490. The van der Waals surface area contributed by atoms with Gasteiger partial charge in [-0.3, -0.25) is 0 Å². The molecule has 0 aliphatic rings. The summed E-state index contributed by atoms with van der Waals surface area (Å²) in [7, 11) is -3.33. The van der Waals surface area contributed by atoms with Crippen LogP contribution in [0.3, 0.4) is 0 Å². The fraction of sp³-hybridized carbons (Fsp3) is 0.0526. The zero-order chi connectivity index (χ0) is 18.9. The summed E-state index contributed by atoms with van der Waals surface area (Å²) >= 11 is 0. The van der Waals surface area contributed by atoms with Crippen LogP contribution in [-0.2, 0) is 14.6 Å². The monoisotopic (exact) mass is 379 g/mol. The predicted octanol–water partition coefficient (Wildman–Crippen LogP) is 3.73. The van der Waals surface area contributed by atoms with Crippen molar-refractivity contribution in [3.63, 3.8) is 0 Å². The van der Waals surface area contributed by atoms with Crippen molar-refractivity contribution in [2.24, 2.45) is 0 Å². The Hall–Kier alpha value is -3.23. The highest BCUT2D eigenvalue weighted by Crippen LogP contribution is 2.23. The summed E-state index contributed by atoms with van der Waals surface area (Å²) < 4.78 is 27.0. The normalized spacial score (nSPS) is 13.3. The Kier molecular flexibility index (Phi) is 4.35. The van der Waals surface area contributed by atoms with E-state index in [1.54, 1.807) is 28.9 Å². The zero-order valence-corrected chi connectivity index (χ0v) is 15.3. The van der Waals surface area contributed by atoms with Crippen LogP contribution < -0.4 is 10.0 Å². The fourth-order valence-corrected chi connectivity index (χ4v) is 3.30. The van der Waals surface area contributed by atoms with E-state index in [9.17, 15) is 8.76 Å². The molecule has 0 aliphatic heterocycles. The molecule has 0 aliphatic carbocycles. The molecule has 0 saturated carbocycles. The van der Waals surface area contributed by atoms with Gasteiger partial charge in [-0.05, 0) is 30.3 Å². The fourth-order valence-electron chi connectivity index (χ4n) is 2.74. The molecule has 136 valence electrons. The molecule has 0 radical (unpaired) electrons. The minimum absolute atomic E-state index is 0.481. The van der Waals surface area contributed by atoms with E-state index in [2.05, 4.69) is 20.1 Å². The number of imidazole rings is 1. The van der Waals surface area contributed by atoms with Crippen molar-refractivity contribution in [2.75, 3.05) is 16.3 Å². The molecule has 2 heterocycles. The lowest BCUT2D eigenvalue weighted by Gasteiger charge is -2.12. The molecular weight excluding hydrogens is 362 g/mol. The molecule has 27 heavy (non-hydrogen) atoms. The van der Waals surface area contributed by atoms with Gasteiger partial charge < -0.3 is 9.87 Å². The molecule has 4 aromatic rings. The number of rotatable bonds is 5. The highest BCUT2D eigenvalue weighted by molar-refractivity contribution is 7.98. The number of hydrogen-bond acceptors (Lipinski definition) is 5. The number of hydrogen-bond donors (Lipinski definition) is 2. The molecule has 1 atom stereocenters. The zero-order valence-electron chi connectivity index (χ0n) is 14.5. The Labute approximate surface area is 157 Å². The van der Waals surface area contributed by atoms with E-state index in [4.69, 9.17) is 0 Å². The van der Waals surface area contributed by atoms with Gasteiger partial charge in [0, 0.05) is 11.3 Å². The smallest absolute Gasteiger partial charge is 0.155 e. The first kappa shape index (κ1) is 17.2. The average Bonchev–Trinajstić information content (AvgIpc) is 3.03. The molecule has 8 heteroatoms. The maximum absolute atomic E-state index is 11.4. The van der Waals surface area contributed by atoms with Crippen LogP contribution in [0.4, 0.5) is 17.2 Å². The van der Waals surface area contributed by atoms with E-state index >= 15 is 0 Å². The lowest BCUT2D eigenvalue weighted by Crippen LogP contribution is -2.17. The summed E-state index contributed by atoms with van der Waals surface area (Å²) in [5.41, 5.74) is 3.75. The number of sulfonamides is 1. The van der Waals surface area contributed by atoms with Crippen molar-refractivity contribution in [1.29, 1.82) is 0 Å². The molecule has 0 spiro atoms. The average molecular weight is 379 g/mol. The van der Waals surface area contributed by atoms with Crippen molar-refractivity contribution in [2.45, 2.75) is 0 Å². The van der Waals surface area contributed by atoms with E-state index in [0.29, 0.717) is 17.2 Å². The Morgan fingerprint density at radius 2 is 1.78 bits per heavy atom. The van der Waals surface area contributed by atoms with Crippen molar-refractivity contribution < 1.29 is 8.76 Å². The Morgan fingerprint density at radius 3 is 2.56 bits per heavy atom. The van der Waals surface area contributed by atoms with Crippen LogP contribution in [0.25, 0.3) is 16.9 Å². The molecule has 0 bridgehead atoms. The van der Waals surface area contributed by atoms with E-state index < -0.39 is 10.4 Å². The molecule has 2 aromatic heterocycles. The number of anilines is 3. The van der Waals surface area contributed by atoms with Crippen molar-refractivity contribution >= 4 is 33.2 Å². The SMILES string of the molecule is C[S+](=O)([O-])Nc1cccc(Nc2cnc3ccc(-c4ccccc4)nn23)c1. The van der Waals surface area contributed by atoms with Gasteiger partial charge in [0.25, 0.3) is 0 Å². The molecule has 7 nitrogen and oxygen atoms in total. The van der Waals surface area contributed by atoms with Crippen LogP contribution in [0, 0.1) is 0 Å². The Bertz CT molecular complexity index is 1140. The third kappa shape index (κ3) is 3.97. The van der Waals surface area contributed by atoms with Gasteiger partial charge >= 0.3 is 0 Å². The standard InChI is InChI=1S/C19H17N5O2S/c1-27(25,26)23-16-9-5-8-15(12-16)21-19-13-20-18-11-10-17(22-24(18)19)14-6-3-2-4-7-14/h2-13,21H,1H3,(H-,23,25,26). The largest absolute Gasteiger partial charge is 0.593 e. The first-order valence-corrected chi connectivity index (χ1v) is 10.1. The summed E-state index contributed by atoms with van der Waals surface area (Å²) in [6, 6.07) is 20.7. The van der Waals surface area contributed by atoms with Gasteiger partial charge in [-0.25, -0.2) is 9.71 Å². The van der Waals surface area contributed by atoms with Crippen molar-refractivity contribution in [1.82, 2.24) is 14.6 Å². The molecule has 1 unspecified atom stereocenters. The number of benzene rings is 2. The summed E-state index contributed by atoms with van der Waals surface area (Å²) in [6.07, 6.45) is 2.81. The van der Waals surface area contributed by atoms with E-state index in [0.717, 1.165) is 23.2 Å². The van der Waals surface area contributed by atoms with E-state index in [1.165, 1.54) is 0 Å².